The quantitative estimate of drug-likeness (QED) is 0.104. The highest BCUT2D eigenvalue weighted by atomic mass is 31.2. The van der Waals surface area contributed by atoms with Crippen LogP contribution in [0.4, 0.5) is 5.95 Å². The molecule has 2 saturated heterocycles. The zero-order valence-corrected chi connectivity index (χ0v) is 28.0. The molecule has 17 heteroatoms. The van der Waals surface area contributed by atoms with E-state index in [1.807, 2.05) is 37.3 Å². The smallest absolute Gasteiger partial charge is 0.459 e. The number of nitrogens with two attached hydrogens (primary N) is 1. The van der Waals surface area contributed by atoms with Crippen LogP contribution >= 0.6 is 7.75 Å². The number of aromatic nitrogens is 4. The molecule has 2 aliphatic heterocycles. The maximum atomic E-state index is 14.7. The van der Waals surface area contributed by atoms with Crippen molar-refractivity contribution in [3.63, 3.8) is 0 Å². The second-order valence-corrected chi connectivity index (χ2v) is 13.5. The van der Waals surface area contributed by atoms with Crippen LogP contribution in [0.1, 0.15) is 46.8 Å². The lowest BCUT2D eigenvalue weighted by atomic mass is 9.94. The van der Waals surface area contributed by atoms with Crippen LogP contribution in [0, 0.1) is 0 Å². The Morgan fingerprint density at radius 2 is 1.98 bits per heavy atom. The number of nitrogens with zero attached hydrogens (tertiary/aromatic N) is 3. The zero-order valence-electron chi connectivity index (χ0n) is 27.2. The van der Waals surface area contributed by atoms with Crippen molar-refractivity contribution in [2.75, 3.05) is 19.5 Å². The van der Waals surface area contributed by atoms with Gasteiger partial charge >= 0.3 is 13.7 Å². The van der Waals surface area contributed by atoms with E-state index < -0.39 is 61.9 Å². The number of ether oxygens (including phenoxy) is 5. The van der Waals surface area contributed by atoms with Crippen LogP contribution in [0.3, 0.4) is 0 Å². The van der Waals surface area contributed by atoms with Crippen LogP contribution in [0.2, 0.25) is 0 Å². The van der Waals surface area contributed by atoms with Gasteiger partial charge in [-0.25, -0.2) is 9.55 Å². The van der Waals surface area contributed by atoms with Crippen LogP contribution in [0.5, 0.6) is 5.75 Å². The Bertz CT molecular complexity index is 1900. The van der Waals surface area contributed by atoms with E-state index in [0.29, 0.717) is 11.8 Å². The number of carbonyl (C=O) groups is 1. The molecule has 0 amide bonds. The summed E-state index contributed by atoms with van der Waals surface area (Å²) in [6.45, 7) is 6.02. The highest BCUT2D eigenvalue weighted by Crippen LogP contribution is 2.53. The summed E-state index contributed by atoms with van der Waals surface area (Å²) in [6, 6.07) is 11.7. The minimum atomic E-state index is -4.37. The van der Waals surface area contributed by atoms with E-state index in [1.165, 1.54) is 24.9 Å². The van der Waals surface area contributed by atoms with Crippen LogP contribution in [-0.4, -0.2) is 75.6 Å². The Balaban J connectivity index is 1.33. The van der Waals surface area contributed by atoms with Crippen molar-refractivity contribution in [1.29, 1.82) is 0 Å². The number of nitrogens with one attached hydrogen (secondary N) is 2. The van der Waals surface area contributed by atoms with Crippen molar-refractivity contribution in [3.8, 4) is 5.75 Å². The second-order valence-electron chi connectivity index (χ2n) is 11.9. The molecule has 0 bridgehead atoms. The van der Waals surface area contributed by atoms with Gasteiger partial charge in [0.05, 0.1) is 19.0 Å². The monoisotopic (exact) mass is 686 g/mol. The molecule has 2 fully saturated rings. The number of H-pyrrole nitrogens is 1. The summed E-state index contributed by atoms with van der Waals surface area (Å²) in [5, 5.41) is 4.29. The number of unbranched alkanes of at least 4 members (excludes halogenated alkanes) is 1. The molecule has 0 radical (unpaired) electrons. The summed E-state index contributed by atoms with van der Waals surface area (Å²) in [5.74, 6) is -0.452. The predicted octanol–water partition coefficient (Wildman–Crippen LogP) is 3.77. The van der Waals surface area contributed by atoms with E-state index in [1.54, 1.807) is 26.0 Å². The van der Waals surface area contributed by atoms with Crippen LogP contribution in [-0.2, 0) is 37.6 Å². The number of methoxy groups -OCH3 is 1. The minimum absolute atomic E-state index is 0.0416. The number of esters is 1. The standard InChI is InChI=1S/C31H39N6O10P/c1-6-7-15-42-27(39)17(2)36-48(40,47-21-14-10-12-19-11-8-9-13-20(19)21)46-18(3)23-24-31(4,45-30(41-5)44-24)28(43-23)37-16-33-22-25(37)34-29(32)35-26(22)38/h8-14,16-18,23-24,28,30H,6-7,15H2,1-5H3,(H,36,40)(H3,32,34,35,38)/t17-,18+,23+,24+,28+,30?,31+,48?/m0/s1. The van der Waals surface area contributed by atoms with Gasteiger partial charge in [-0.2, -0.15) is 10.1 Å². The summed E-state index contributed by atoms with van der Waals surface area (Å²) in [6.07, 6.45) is -0.868. The molecule has 0 aliphatic carbocycles. The minimum Gasteiger partial charge on any atom is -0.465 e. The Morgan fingerprint density at radius 3 is 2.75 bits per heavy atom. The maximum absolute atomic E-state index is 14.7. The van der Waals surface area contributed by atoms with Gasteiger partial charge in [0, 0.05) is 12.5 Å². The van der Waals surface area contributed by atoms with E-state index in [0.717, 1.165) is 11.8 Å². The average Bonchev–Trinajstić information content (AvgIpc) is 3.70. The Labute approximate surface area is 275 Å². The number of hydrogen-bond donors (Lipinski definition) is 3. The number of carbonyl (C=O) groups excluding carboxylic acids is 1. The van der Waals surface area contributed by atoms with E-state index >= 15 is 0 Å². The molecule has 4 N–H and O–H groups in total. The van der Waals surface area contributed by atoms with Gasteiger partial charge in [0.1, 0.15) is 29.6 Å². The van der Waals surface area contributed by atoms with Gasteiger partial charge in [-0.3, -0.25) is 23.7 Å². The molecule has 6 rings (SSSR count). The second kappa shape index (κ2) is 13.6. The highest BCUT2D eigenvalue weighted by molar-refractivity contribution is 7.52. The lowest BCUT2D eigenvalue weighted by Gasteiger charge is -2.29. The van der Waals surface area contributed by atoms with E-state index in [-0.39, 0.29) is 29.5 Å². The van der Waals surface area contributed by atoms with Crippen LogP contribution in [0.15, 0.2) is 53.6 Å². The number of anilines is 1. The normalized spacial score (nSPS) is 26.3. The van der Waals surface area contributed by atoms with Gasteiger partial charge in [0.25, 0.3) is 12.0 Å². The van der Waals surface area contributed by atoms with Crippen molar-refractivity contribution >= 4 is 41.6 Å². The first kappa shape index (κ1) is 34.0. The predicted molar refractivity (Wildman–Crippen MR) is 173 cm³/mol. The molecule has 4 aromatic rings. The first-order valence-electron chi connectivity index (χ1n) is 15.6. The van der Waals surface area contributed by atoms with Gasteiger partial charge in [0.15, 0.2) is 17.4 Å². The molecule has 2 unspecified atom stereocenters. The molecule has 0 saturated carbocycles. The lowest BCUT2D eigenvalue weighted by Crippen LogP contribution is -2.44. The van der Waals surface area contributed by atoms with Crippen molar-refractivity contribution in [2.45, 2.75) is 83.2 Å². The third-order valence-corrected chi connectivity index (χ3v) is 10.1. The van der Waals surface area contributed by atoms with E-state index in [9.17, 15) is 14.2 Å². The molecule has 2 aliphatic rings. The fraction of sp³-hybridized carbons (Fsp3) is 0.484. The molecular weight excluding hydrogens is 647 g/mol. The topological polar surface area (TPSA) is 200 Å². The molecule has 16 nitrogen and oxygen atoms in total. The van der Waals surface area contributed by atoms with Gasteiger partial charge in [-0.15, -0.1) is 0 Å². The summed E-state index contributed by atoms with van der Waals surface area (Å²) in [5.41, 5.74) is 4.28. The van der Waals surface area contributed by atoms with Crippen molar-refractivity contribution < 1.29 is 42.1 Å². The Morgan fingerprint density at radius 1 is 1.21 bits per heavy atom. The van der Waals surface area contributed by atoms with Crippen molar-refractivity contribution in [3.05, 3.63) is 59.1 Å². The highest BCUT2D eigenvalue weighted by Gasteiger charge is 2.64. The van der Waals surface area contributed by atoms with E-state index in [2.05, 4.69) is 20.0 Å². The maximum Gasteiger partial charge on any atom is 0.459 e. The molecule has 8 atom stereocenters. The van der Waals surface area contributed by atoms with Crippen LogP contribution < -0.4 is 20.9 Å². The number of benzene rings is 2. The number of rotatable bonds is 13. The third-order valence-electron chi connectivity index (χ3n) is 8.33. The largest absolute Gasteiger partial charge is 0.465 e. The number of aromatic amines is 1. The summed E-state index contributed by atoms with van der Waals surface area (Å²) in [4.78, 5) is 36.3. The lowest BCUT2D eigenvalue weighted by molar-refractivity contribution is -0.270. The number of hydrogen-bond acceptors (Lipinski definition) is 13. The van der Waals surface area contributed by atoms with Crippen molar-refractivity contribution in [1.82, 2.24) is 24.6 Å². The van der Waals surface area contributed by atoms with Crippen molar-refractivity contribution in [2.24, 2.45) is 0 Å². The Kier molecular flexibility index (Phi) is 9.60. The van der Waals surface area contributed by atoms with Gasteiger partial charge in [-0.05, 0) is 38.6 Å². The fourth-order valence-corrected chi connectivity index (χ4v) is 7.64. The SMILES string of the molecule is CCCCOC(=O)[C@H](C)NP(=O)(Oc1cccc2ccccc12)O[C@H](C)[C@H]1O[C@@H](n2cnc3c(=O)[nH]c(N)nc32)[C@]2(C)OC(OC)O[C@H]12. The number of nitrogen functional groups attached to an aromatic ring is 1. The average molecular weight is 687 g/mol. The summed E-state index contributed by atoms with van der Waals surface area (Å²) in [7, 11) is -2.95. The molecular formula is C31H39N6O10P. The van der Waals surface area contributed by atoms with Crippen LogP contribution in [0.25, 0.3) is 21.9 Å². The molecule has 2 aromatic carbocycles. The molecule has 258 valence electrons. The zero-order chi connectivity index (χ0) is 34.2. The fourth-order valence-electron chi connectivity index (χ4n) is 5.93. The summed E-state index contributed by atoms with van der Waals surface area (Å²) >= 11 is 0. The first-order chi connectivity index (χ1) is 23.0. The van der Waals surface area contributed by atoms with Gasteiger partial charge in [0.2, 0.25) is 5.95 Å². The molecule has 2 aromatic heterocycles. The first-order valence-corrected chi connectivity index (χ1v) is 17.1. The molecule has 0 spiro atoms. The molecule has 48 heavy (non-hydrogen) atoms. The van der Waals surface area contributed by atoms with Gasteiger partial charge < -0.3 is 33.9 Å². The third kappa shape index (κ3) is 6.44. The molecule has 4 heterocycles. The number of imidazole rings is 1. The Hall–Kier alpha value is -3.89. The summed E-state index contributed by atoms with van der Waals surface area (Å²) < 4.78 is 58.1. The van der Waals surface area contributed by atoms with E-state index in [4.69, 9.17) is 38.5 Å². The number of fused-ring (bicyclic) bond motifs is 3. The van der Waals surface area contributed by atoms with Gasteiger partial charge in [-0.1, -0.05) is 49.7 Å².